The zero-order chi connectivity index (χ0) is 11.1. The standard InChI is InChI=1S/C12H16N2O2/c15-11-9-3-1-2-4-10(9)12(16)14(11)8-5-6-13-7-8/h1-2,8-10,13H,3-7H2/t8?,9-,10+. The second kappa shape index (κ2) is 3.70. The molecule has 3 atom stereocenters. The van der Waals surface area contributed by atoms with Crippen LogP contribution in [0.15, 0.2) is 12.2 Å². The fourth-order valence-electron chi connectivity index (χ4n) is 3.05. The molecular weight excluding hydrogens is 204 g/mol. The molecule has 1 aliphatic carbocycles. The first-order valence-electron chi connectivity index (χ1n) is 6.01. The van der Waals surface area contributed by atoms with E-state index in [-0.39, 0.29) is 29.7 Å². The van der Waals surface area contributed by atoms with E-state index >= 15 is 0 Å². The van der Waals surface area contributed by atoms with Crippen molar-refractivity contribution in [3.8, 4) is 0 Å². The average molecular weight is 220 g/mol. The molecule has 2 amide bonds. The second-order valence-electron chi connectivity index (χ2n) is 4.85. The Labute approximate surface area is 94.7 Å². The highest BCUT2D eigenvalue weighted by atomic mass is 16.2. The molecule has 16 heavy (non-hydrogen) atoms. The van der Waals surface area contributed by atoms with E-state index in [1.807, 2.05) is 12.2 Å². The summed E-state index contributed by atoms with van der Waals surface area (Å²) in [6, 6.07) is 0.102. The Morgan fingerprint density at radius 2 is 1.75 bits per heavy atom. The van der Waals surface area contributed by atoms with Gasteiger partial charge in [0.15, 0.2) is 0 Å². The van der Waals surface area contributed by atoms with Crippen molar-refractivity contribution in [2.24, 2.45) is 11.8 Å². The van der Waals surface area contributed by atoms with E-state index in [4.69, 9.17) is 0 Å². The van der Waals surface area contributed by atoms with Crippen LogP contribution in [0.1, 0.15) is 19.3 Å². The summed E-state index contributed by atoms with van der Waals surface area (Å²) in [4.78, 5) is 25.9. The van der Waals surface area contributed by atoms with Crippen molar-refractivity contribution in [2.45, 2.75) is 25.3 Å². The van der Waals surface area contributed by atoms with Gasteiger partial charge in [0.1, 0.15) is 0 Å². The van der Waals surface area contributed by atoms with Crippen LogP contribution in [0.5, 0.6) is 0 Å². The molecule has 1 N–H and O–H groups in total. The lowest BCUT2D eigenvalue weighted by atomic mass is 9.85. The number of hydrogen-bond donors (Lipinski definition) is 1. The van der Waals surface area contributed by atoms with Gasteiger partial charge in [0, 0.05) is 6.54 Å². The Kier molecular flexibility index (Phi) is 2.32. The summed E-state index contributed by atoms with van der Waals surface area (Å²) in [5, 5.41) is 3.21. The maximum Gasteiger partial charge on any atom is 0.233 e. The predicted octanol–water partition coefficient (Wildman–Crippen LogP) is 0.299. The summed E-state index contributed by atoms with van der Waals surface area (Å²) in [6.07, 6.45) is 6.45. The van der Waals surface area contributed by atoms with Crippen molar-refractivity contribution in [3.63, 3.8) is 0 Å². The molecule has 1 unspecified atom stereocenters. The fraction of sp³-hybridized carbons (Fsp3) is 0.667. The second-order valence-corrected chi connectivity index (χ2v) is 4.85. The third-order valence-corrected chi connectivity index (χ3v) is 3.94. The quantitative estimate of drug-likeness (QED) is 0.511. The minimum Gasteiger partial charge on any atom is -0.315 e. The molecular formula is C12H16N2O2. The first kappa shape index (κ1) is 10.0. The van der Waals surface area contributed by atoms with Crippen LogP contribution in [0.25, 0.3) is 0 Å². The summed E-state index contributed by atoms with van der Waals surface area (Å²) < 4.78 is 0. The highest BCUT2D eigenvalue weighted by molar-refractivity contribution is 6.05. The van der Waals surface area contributed by atoms with Gasteiger partial charge in [-0.3, -0.25) is 14.5 Å². The van der Waals surface area contributed by atoms with Gasteiger partial charge in [-0.05, 0) is 25.8 Å². The van der Waals surface area contributed by atoms with Gasteiger partial charge in [0.25, 0.3) is 0 Å². The van der Waals surface area contributed by atoms with E-state index in [0.29, 0.717) is 0 Å². The van der Waals surface area contributed by atoms with E-state index < -0.39 is 0 Å². The molecule has 2 saturated heterocycles. The monoisotopic (exact) mass is 220 g/mol. The molecule has 0 aromatic rings. The maximum absolute atomic E-state index is 12.2. The molecule has 2 heterocycles. The minimum atomic E-state index is -0.0712. The zero-order valence-electron chi connectivity index (χ0n) is 9.19. The minimum absolute atomic E-state index is 0.0630. The largest absolute Gasteiger partial charge is 0.315 e. The number of carbonyl (C=O) groups excluding carboxylic acids is 2. The van der Waals surface area contributed by atoms with E-state index in [9.17, 15) is 9.59 Å². The van der Waals surface area contributed by atoms with Crippen molar-refractivity contribution in [2.75, 3.05) is 13.1 Å². The lowest BCUT2D eigenvalue weighted by Crippen LogP contribution is -2.41. The Morgan fingerprint density at radius 1 is 1.12 bits per heavy atom. The van der Waals surface area contributed by atoms with Crippen molar-refractivity contribution in [3.05, 3.63) is 12.2 Å². The molecule has 2 aliphatic heterocycles. The van der Waals surface area contributed by atoms with E-state index in [1.54, 1.807) is 4.90 Å². The van der Waals surface area contributed by atoms with Gasteiger partial charge in [0.05, 0.1) is 17.9 Å². The molecule has 0 aromatic heterocycles. The SMILES string of the molecule is O=C1[C@H]2CC=CC[C@H]2C(=O)N1C1CCNC1. The number of nitrogens with one attached hydrogen (secondary N) is 1. The lowest BCUT2D eigenvalue weighted by Gasteiger charge is -2.21. The summed E-state index contributed by atoms with van der Waals surface area (Å²) >= 11 is 0. The average Bonchev–Trinajstić information content (AvgIpc) is 2.89. The number of rotatable bonds is 1. The van der Waals surface area contributed by atoms with Crippen molar-refractivity contribution >= 4 is 11.8 Å². The van der Waals surface area contributed by atoms with Crippen LogP contribution in [-0.4, -0.2) is 35.8 Å². The third-order valence-electron chi connectivity index (χ3n) is 3.94. The fourth-order valence-corrected chi connectivity index (χ4v) is 3.05. The molecule has 86 valence electrons. The van der Waals surface area contributed by atoms with E-state index in [0.717, 1.165) is 32.4 Å². The van der Waals surface area contributed by atoms with E-state index in [2.05, 4.69) is 5.32 Å². The number of allylic oxidation sites excluding steroid dienone is 2. The molecule has 0 aromatic carbocycles. The van der Waals surface area contributed by atoms with Crippen LogP contribution < -0.4 is 5.32 Å². The predicted molar refractivity (Wildman–Crippen MR) is 58.5 cm³/mol. The molecule has 0 bridgehead atoms. The summed E-state index contributed by atoms with van der Waals surface area (Å²) in [7, 11) is 0. The van der Waals surface area contributed by atoms with Gasteiger partial charge in [-0.2, -0.15) is 0 Å². The number of amides is 2. The summed E-state index contributed by atoms with van der Waals surface area (Å²) in [5.41, 5.74) is 0. The van der Waals surface area contributed by atoms with Gasteiger partial charge >= 0.3 is 0 Å². The first-order chi connectivity index (χ1) is 7.79. The number of likely N-dealkylation sites (tertiary alicyclic amines) is 1. The Bertz CT molecular complexity index is 332. The molecule has 4 heteroatoms. The molecule has 4 nitrogen and oxygen atoms in total. The number of carbonyl (C=O) groups is 2. The normalized spacial score (nSPS) is 38.2. The Morgan fingerprint density at radius 3 is 2.25 bits per heavy atom. The van der Waals surface area contributed by atoms with Crippen molar-refractivity contribution in [1.29, 1.82) is 0 Å². The number of fused-ring (bicyclic) bond motifs is 1. The molecule has 0 saturated carbocycles. The number of imide groups is 1. The van der Waals surface area contributed by atoms with Gasteiger partial charge in [0.2, 0.25) is 11.8 Å². The molecule has 0 spiro atoms. The third kappa shape index (κ3) is 1.33. The van der Waals surface area contributed by atoms with Crippen LogP contribution in [0.3, 0.4) is 0 Å². The Balaban J connectivity index is 1.85. The molecule has 3 rings (SSSR count). The molecule has 0 radical (unpaired) electrons. The smallest absolute Gasteiger partial charge is 0.233 e. The number of hydrogen-bond acceptors (Lipinski definition) is 3. The summed E-state index contributed by atoms with van der Waals surface area (Å²) in [6.45, 7) is 1.68. The van der Waals surface area contributed by atoms with Gasteiger partial charge < -0.3 is 5.32 Å². The number of nitrogens with zero attached hydrogens (tertiary/aromatic N) is 1. The van der Waals surface area contributed by atoms with Gasteiger partial charge in [-0.15, -0.1) is 0 Å². The van der Waals surface area contributed by atoms with Crippen molar-refractivity contribution in [1.82, 2.24) is 10.2 Å². The molecule has 2 fully saturated rings. The van der Waals surface area contributed by atoms with Crippen LogP contribution in [0.4, 0.5) is 0 Å². The summed E-state index contributed by atoms with van der Waals surface area (Å²) in [5.74, 6) is -0.0164. The van der Waals surface area contributed by atoms with Crippen LogP contribution in [0.2, 0.25) is 0 Å². The lowest BCUT2D eigenvalue weighted by molar-refractivity contribution is -0.142. The van der Waals surface area contributed by atoms with Crippen LogP contribution in [0, 0.1) is 11.8 Å². The molecule has 3 aliphatic rings. The van der Waals surface area contributed by atoms with Gasteiger partial charge in [-0.25, -0.2) is 0 Å². The highest BCUT2D eigenvalue weighted by Gasteiger charge is 2.49. The highest BCUT2D eigenvalue weighted by Crippen LogP contribution is 2.36. The topological polar surface area (TPSA) is 49.4 Å². The van der Waals surface area contributed by atoms with Gasteiger partial charge in [-0.1, -0.05) is 12.2 Å². The Hall–Kier alpha value is -1.16. The van der Waals surface area contributed by atoms with Crippen molar-refractivity contribution < 1.29 is 9.59 Å². The van der Waals surface area contributed by atoms with Crippen LogP contribution in [-0.2, 0) is 9.59 Å². The van der Waals surface area contributed by atoms with E-state index in [1.165, 1.54) is 0 Å². The van der Waals surface area contributed by atoms with Crippen LogP contribution >= 0.6 is 0 Å². The maximum atomic E-state index is 12.2. The first-order valence-corrected chi connectivity index (χ1v) is 6.01. The zero-order valence-corrected chi connectivity index (χ0v) is 9.19.